The fourth-order valence-electron chi connectivity index (χ4n) is 0.746. The van der Waals surface area contributed by atoms with E-state index >= 15 is 0 Å². The maximum Gasteiger partial charge on any atom is 0.129 e. The van der Waals surface area contributed by atoms with Gasteiger partial charge in [0.2, 0.25) is 0 Å². The van der Waals surface area contributed by atoms with Gasteiger partial charge in [-0.3, -0.25) is 0 Å². The van der Waals surface area contributed by atoms with Gasteiger partial charge in [0.1, 0.15) is 5.78 Å². The van der Waals surface area contributed by atoms with Crippen LogP contribution < -0.4 is 5.73 Å². The smallest absolute Gasteiger partial charge is 0.129 e. The highest BCUT2D eigenvalue weighted by Gasteiger charge is 1.83. The summed E-state index contributed by atoms with van der Waals surface area (Å²) in [7, 11) is 0. The average Bonchev–Trinajstić information content (AvgIpc) is 2.02. The number of hydrogen-bond acceptors (Lipinski definition) is 2. The van der Waals surface area contributed by atoms with Gasteiger partial charge in [0.05, 0.1) is 0 Å². The molecule has 2 heteroatoms. The number of hydrogen-bond donors (Lipinski definition) is 1. The van der Waals surface area contributed by atoms with Gasteiger partial charge in [0.15, 0.2) is 0 Å². The maximum absolute atomic E-state index is 10.0. The first-order valence-corrected chi connectivity index (χ1v) is 4.88. The summed E-state index contributed by atoms with van der Waals surface area (Å²) in [6, 6.07) is 0. The summed E-state index contributed by atoms with van der Waals surface area (Å²) in [5.74, 6) is 0.289. The van der Waals surface area contributed by atoms with Crippen LogP contribution in [0.5, 0.6) is 0 Å². The first kappa shape index (κ1) is 14.2. The zero-order valence-electron chi connectivity index (χ0n) is 8.73. The van der Waals surface area contributed by atoms with Gasteiger partial charge < -0.3 is 10.5 Å². The fraction of sp³-hybridized carbons (Fsp3) is 0.900. The van der Waals surface area contributed by atoms with E-state index in [4.69, 9.17) is 5.73 Å². The Bertz CT molecular complexity index is 87.8. The molecule has 0 bridgehead atoms. The fourth-order valence-corrected chi connectivity index (χ4v) is 0.746. The molecule has 0 aromatic rings. The first-order valence-electron chi connectivity index (χ1n) is 4.88. The highest BCUT2D eigenvalue weighted by molar-refractivity contribution is 5.75. The van der Waals surface area contributed by atoms with E-state index in [1.54, 1.807) is 6.92 Å². The van der Waals surface area contributed by atoms with Crippen molar-refractivity contribution in [1.29, 1.82) is 0 Å². The Morgan fingerprint density at radius 2 is 1.75 bits per heavy atom. The van der Waals surface area contributed by atoms with E-state index in [2.05, 4.69) is 6.92 Å². The summed E-state index contributed by atoms with van der Waals surface area (Å²) < 4.78 is 0. The lowest BCUT2D eigenvalue weighted by atomic mass is 10.3. The molecule has 0 aromatic heterocycles. The largest absolute Gasteiger partial charge is 0.330 e. The zero-order valence-corrected chi connectivity index (χ0v) is 8.73. The molecule has 0 aliphatic carbocycles. The summed E-state index contributed by atoms with van der Waals surface area (Å²) in [5, 5.41) is 0. The lowest BCUT2D eigenvalue weighted by molar-refractivity contribution is -0.117. The van der Waals surface area contributed by atoms with Crippen LogP contribution in [0.3, 0.4) is 0 Å². The third-order valence-corrected chi connectivity index (χ3v) is 1.41. The Labute approximate surface area is 76.5 Å². The molecule has 0 aliphatic heterocycles. The van der Waals surface area contributed by atoms with Gasteiger partial charge in [-0.2, -0.15) is 0 Å². The van der Waals surface area contributed by atoms with Crippen molar-refractivity contribution in [3.63, 3.8) is 0 Å². The summed E-state index contributed by atoms with van der Waals surface area (Å²) >= 11 is 0. The number of carbonyl (C=O) groups excluding carboxylic acids is 1. The number of nitrogens with two attached hydrogens (primary N) is 1. The number of unbranched alkanes of at least 4 members (excludes halogenated alkanes) is 2. The first-order chi connectivity index (χ1) is 5.68. The van der Waals surface area contributed by atoms with Crippen molar-refractivity contribution in [3.05, 3.63) is 0 Å². The summed E-state index contributed by atoms with van der Waals surface area (Å²) in [6.45, 7) is 6.65. The summed E-state index contributed by atoms with van der Waals surface area (Å²) in [6.07, 6.45) is 5.47. The Morgan fingerprint density at radius 3 is 1.83 bits per heavy atom. The number of ketones is 1. The second-order valence-corrected chi connectivity index (χ2v) is 2.95. The third kappa shape index (κ3) is 22.6. The Balaban J connectivity index is 0. The highest BCUT2D eigenvalue weighted by atomic mass is 16.1. The van der Waals surface area contributed by atoms with Crippen molar-refractivity contribution in [2.24, 2.45) is 5.73 Å². The van der Waals surface area contributed by atoms with Gasteiger partial charge in [0.25, 0.3) is 0 Å². The van der Waals surface area contributed by atoms with Crippen molar-refractivity contribution in [2.75, 3.05) is 6.54 Å². The van der Waals surface area contributed by atoms with Gasteiger partial charge >= 0.3 is 0 Å². The lowest BCUT2D eigenvalue weighted by Gasteiger charge is -1.86. The van der Waals surface area contributed by atoms with Crippen LogP contribution in [-0.4, -0.2) is 12.3 Å². The van der Waals surface area contributed by atoms with Crippen molar-refractivity contribution in [3.8, 4) is 0 Å². The van der Waals surface area contributed by atoms with Gasteiger partial charge in [-0.15, -0.1) is 0 Å². The molecule has 0 atom stereocenters. The minimum absolute atomic E-state index is 0.289. The second kappa shape index (κ2) is 13.2. The van der Waals surface area contributed by atoms with Crippen LogP contribution in [0.25, 0.3) is 0 Å². The van der Waals surface area contributed by atoms with E-state index in [1.807, 2.05) is 6.92 Å². The molecule has 12 heavy (non-hydrogen) atoms. The van der Waals surface area contributed by atoms with Crippen LogP contribution in [0.4, 0.5) is 0 Å². The van der Waals surface area contributed by atoms with Gasteiger partial charge in [-0.05, 0) is 26.3 Å². The van der Waals surface area contributed by atoms with Gasteiger partial charge in [-0.1, -0.05) is 26.7 Å². The summed E-state index contributed by atoms with van der Waals surface area (Å²) in [5.41, 5.74) is 5.21. The molecule has 0 amide bonds. The van der Waals surface area contributed by atoms with Crippen molar-refractivity contribution < 1.29 is 4.79 Å². The van der Waals surface area contributed by atoms with Crippen LogP contribution >= 0.6 is 0 Å². The Kier molecular flexibility index (Phi) is 15.6. The average molecular weight is 173 g/mol. The van der Waals surface area contributed by atoms with E-state index in [0.29, 0.717) is 0 Å². The molecule has 0 aliphatic rings. The summed E-state index contributed by atoms with van der Waals surface area (Å²) in [4.78, 5) is 10.0. The lowest BCUT2D eigenvalue weighted by Crippen LogP contribution is -1.96. The normalized spacial score (nSPS) is 8.67. The molecule has 0 unspecified atom stereocenters. The van der Waals surface area contributed by atoms with Crippen LogP contribution in [0.2, 0.25) is 0 Å². The molecular weight excluding hydrogens is 150 g/mol. The molecule has 74 valence electrons. The van der Waals surface area contributed by atoms with Crippen LogP contribution in [0, 0.1) is 0 Å². The topological polar surface area (TPSA) is 43.1 Å². The molecule has 0 saturated heterocycles. The molecule has 0 rings (SSSR count). The zero-order chi connectivity index (χ0) is 9.82. The maximum atomic E-state index is 10.0. The predicted molar refractivity (Wildman–Crippen MR) is 54.2 cm³/mol. The number of Topliss-reactive ketones (excluding diaryl/α,β-unsaturated/α-hetero) is 1. The van der Waals surface area contributed by atoms with E-state index in [1.165, 1.54) is 19.3 Å². The number of rotatable bonds is 5. The molecule has 2 N–H and O–H groups in total. The van der Waals surface area contributed by atoms with Crippen LogP contribution in [-0.2, 0) is 4.79 Å². The van der Waals surface area contributed by atoms with Gasteiger partial charge in [-0.25, -0.2) is 0 Å². The molecule has 0 saturated carbocycles. The van der Waals surface area contributed by atoms with Crippen molar-refractivity contribution in [2.45, 2.75) is 52.9 Å². The molecular formula is C10H23NO. The highest BCUT2D eigenvalue weighted by Crippen LogP contribution is 1.88. The molecule has 0 heterocycles. The predicted octanol–water partition coefficient (Wildman–Crippen LogP) is 2.51. The van der Waals surface area contributed by atoms with E-state index in [9.17, 15) is 4.79 Å². The third-order valence-electron chi connectivity index (χ3n) is 1.41. The number of carbonyl (C=O) groups is 1. The molecule has 0 fully saturated rings. The molecule has 0 radical (unpaired) electrons. The second-order valence-electron chi connectivity index (χ2n) is 2.95. The van der Waals surface area contributed by atoms with E-state index < -0.39 is 0 Å². The SMILES string of the molecule is CCCC(C)=O.CCCCCN. The monoisotopic (exact) mass is 173 g/mol. The molecule has 0 spiro atoms. The quantitative estimate of drug-likeness (QED) is 0.649. The Hall–Kier alpha value is -0.370. The van der Waals surface area contributed by atoms with Crippen molar-refractivity contribution >= 4 is 5.78 Å². The van der Waals surface area contributed by atoms with E-state index in [-0.39, 0.29) is 5.78 Å². The molecule has 0 aromatic carbocycles. The van der Waals surface area contributed by atoms with Crippen molar-refractivity contribution in [1.82, 2.24) is 0 Å². The minimum Gasteiger partial charge on any atom is -0.330 e. The van der Waals surface area contributed by atoms with Gasteiger partial charge in [0, 0.05) is 6.42 Å². The van der Waals surface area contributed by atoms with Crippen LogP contribution in [0.1, 0.15) is 52.9 Å². The molecule has 2 nitrogen and oxygen atoms in total. The van der Waals surface area contributed by atoms with E-state index in [0.717, 1.165) is 19.4 Å². The Morgan fingerprint density at radius 1 is 1.17 bits per heavy atom. The standard InChI is InChI=1S/C5H13N.C5H10O/c1-2-3-4-5-6;1-3-4-5(2)6/h2-6H2,1H3;3-4H2,1-2H3. The van der Waals surface area contributed by atoms with Crippen LogP contribution in [0.15, 0.2) is 0 Å². The minimum atomic E-state index is 0.289.